The van der Waals surface area contributed by atoms with E-state index in [1.165, 1.54) is 0 Å². The Morgan fingerprint density at radius 1 is 0.906 bits per heavy atom. The zero-order chi connectivity index (χ0) is 23.8. The van der Waals surface area contributed by atoms with Gasteiger partial charge >= 0.3 is 0 Å². The van der Waals surface area contributed by atoms with Crippen LogP contribution < -0.4 is 43.6 Å². The van der Waals surface area contributed by atoms with Gasteiger partial charge in [0.1, 0.15) is 6.04 Å². The molecular weight excluding hydrogens is 412 g/mol. The summed E-state index contributed by atoms with van der Waals surface area (Å²) < 4.78 is 0. The molecule has 2 amide bonds. The van der Waals surface area contributed by atoms with E-state index in [1.807, 2.05) is 6.92 Å². The molecule has 0 aromatic heterocycles. The molecule has 182 valence electrons. The van der Waals surface area contributed by atoms with Crippen molar-refractivity contribution in [2.24, 2.45) is 5.73 Å². The van der Waals surface area contributed by atoms with Crippen LogP contribution in [0.1, 0.15) is 57.4 Å². The second kappa shape index (κ2) is 16.3. The smallest absolute Gasteiger partial charge is 0.249 e. The summed E-state index contributed by atoms with van der Waals surface area (Å²) in [6, 6.07) is -0.766. The van der Waals surface area contributed by atoms with Crippen molar-refractivity contribution in [3.63, 3.8) is 0 Å². The van der Waals surface area contributed by atoms with Crippen molar-refractivity contribution in [2.45, 2.75) is 64.3 Å². The number of hydrogen-bond donors (Lipinski definition) is 6. The molecule has 0 saturated heterocycles. The van der Waals surface area contributed by atoms with E-state index in [-0.39, 0.29) is 35.9 Å². The van der Waals surface area contributed by atoms with E-state index in [0.717, 1.165) is 51.9 Å². The van der Waals surface area contributed by atoms with E-state index >= 15 is 0 Å². The number of nitrogens with one attached hydrogen (secondary N) is 4. The number of anilines is 1. The Kier molecular flexibility index (Phi) is 14.2. The van der Waals surface area contributed by atoms with Crippen LogP contribution in [-0.2, 0) is 16.0 Å². The molecule has 1 unspecified atom stereocenters. The average molecular weight is 453 g/mol. The van der Waals surface area contributed by atoms with Gasteiger partial charge in [-0.2, -0.15) is 0 Å². The number of nitrogens with two attached hydrogens (primary N) is 2. The van der Waals surface area contributed by atoms with Gasteiger partial charge in [0.15, 0.2) is 0 Å². The third-order valence-corrected chi connectivity index (χ3v) is 5.21. The normalized spacial score (nSPS) is 12.1. The maximum atomic E-state index is 12.6. The lowest BCUT2D eigenvalue weighted by Gasteiger charge is -2.19. The highest BCUT2D eigenvalue weighted by Gasteiger charge is 2.24. The Balaban J connectivity index is 2.27. The van der Waals surface area contributed by atoms with Crippen LogP contribution >= 0.6 is 0 Å². The first kappa shape index (κ1) is 27.7. The van der Waals surface area contributed by atoms with Crippen LogP contribution in [0.2, 0.25) is 0 Å². The third-order valence-electron chi connectivity index (χ3n) is 5.21. The molecule has 10 heteroatoms. The van der Waals surface area contributed by atoms with Crippen molar-refractivity contribution in [3.8, 4) is 0 Å². The molecule has 0 heterocycles. The zero-order valence-electron chi connectivity index (χ0n) is 19.3. The molecule has 0 radical (unpaired) electrons. The minimum atomic E-state index is -0.766. The summed E-state index contributed by atoms with van der Waals surface area (Å²) in [6.45, 7) is 6.73. The number of amides is 2. The molecule has 0 aliphatic rings. The maximum Gasteiger partial charge on any atom is 0.249 e. The molecule has 0 bridgehead atoms. The van der Waals surface area contributed by atoms with Crippen LogP contribution in [0, 0.1) is 0 Å². The third kappa shape index (κ3) is 10.3. The van der Waals surface area contributed by atoms with Gasteiger partial charge in [0.2, 0.25) is 22.7 Å². The van der Waals surface area contributed by atoms with E-state index in [2.05, 4.69) is 21.3 Å². The van der Waals surface area contributed by atoms with E-state index in [1.54, 1.807) is 0 Å². The van der Waals surface area contributed by atoms with Gasteiger partial charge in [-0.1, -0.05) is 6.92 Å². The fourth-order valence-electron chi connectivity index (χ4n) is 3.28. The summed E-state index contributed by atoms with van der Waals surface area (Å²) in [5.74, 6) is -0.514. The fraction of sp³-hybridized carbons (Fsp3) is 0.727. The lowest BCUT2D eigenvalue weighted by atomic mass is 9.99. The first-order valence-corrected chi connectivity index (χ1v) is 11.7. The predicted molar refractivity (Wildman–Crippen MR) is 127 cm³/mol. The van der Waals surface area contributed by atoms with Gasteiger partial charge < -0.3 is 32.7 Å². The minimum Gasteiger partial charge on any atom is -0.395 e. The van der Waals surface area contributed by atoms with E-state index < -0.39 is 16.9 Å². The average Bonchev–Trinajstić information content (AvgIpc) is 2.78. The Morgan fingerprint density at radius 3 is 2.12 bits per heavy atom. The Hall–Kier alpha value is -2.30. The van der Waals surface area contributed by atoms with Crippen molar-refractivity contribution in [1.29, 1.82) is 0 Å². The Bertz CT molecular complexity index is 760. The molecule has 0 aliphatic carbocycles. The molecule has 1 atom stereocenters. The number of rotatable bonds is 19. The first-order valence-electron chi connectivity index (χ1n) is 11.7. The maximum absolute atomic E-state index is 12.6. The second-order valence-electron chi connectivity index (χ2n) is 7.95. The molecule has 32 heavy (non-hydrogen) atoms. The number of carbonyl (C=O) groups is 2. The second-order valence-corrected chi connectivity index (χ2v) is 7.95. The van der Waals surface area contributed by atoms with Crippen molar-refractivity contribution in [3.05, 3.63) is 26.0 Å². The summed E-state index contributed by atoms with van der Waals surface area (Å²) in [5.41, 5.74) is 9.94. The minimum absolute atomic E-state index is 0.0357. The molecule has 1 aromatic carbocycles. The standard InChI is InChI=1S/C22H40N6O4/c1-2-7-18(29)28-17(9-8-16-19(24)21(31)20(16)30)22(32)27-15-6-14-26-12-4-3-11-25-13-5-10-23/h17,25-26H,2-15,23-24H2,1H3,(H,27,32)(H,28,29). The van der Waals surface area contributed by atoms with Gasteiger partial charge in [0, 0.05) is 18.5 Å². The van der Waals surface area contributed by atoms with Gasteiger partial charge in [-0.3, -0.25) is 19.2 Å². The summed E-state index contributed by atoms with van der Waals surface area (Å²) in [5, 5.41) is 12.2. The predicted octanol–water partition coefficient (Wildman–Crippen LogP) is -1.10. The SMILES string of the molecule is CCCC(=O)NC(CCc1c(N)c(=O)c1=O)C(=O)NCCCNCCCCNCCCN. The van der Waals surface area contributed by atoms with Crippen molar-refractivity contribution in [2.75, 3.05) is 45.0 Å². The van der Waals surface area contributed by atoms with Crippen LogP contribution in [-0.4, -0.2) is 57.1 Å². The number of nitrogen functional groups attached to an aromatic ring is 1. The highest BCUT2D eigenvalue weighted by Crippen LogP contribution is 2.08. The largest absolute Gasteiger partial charge is 0.395 e. The van der Waals surface area contributed by atoms with Gasteiger partial charge in [0.25, 0.3) is 0 Å². The molecule has 0 fully saturated rings. The van der Waals surface area contributed by atoms with Gasteiger partial charge in [-0.15, -0.1) is 0 Å². The Morgan fingerprint density at radius 2 is 1.53 bits per heavy atom. The van der Waals surface area contributed by atoms with Crippen molar-refractivity contribution < 1.29 is 9.59 Å². The Labute approximate surface area is 190 Å². The lowest BCUT2D eigenvalue weighted by Crippen LogP contribution is -2.48. The van der Waals surface area contributed by atoms with E-state index in [0.29, 0.717) is 25.9 Å². The quantitative estimate of drug-likeness (QED) is 0.113. The molecule has 0 saturated carbocycles. The zero-order valence-corrected chi connectivity index (χ0v) is 19.3. The first-order chi connectivity index (χ1) is 15.4. The molecule has 1 aromatic rings. The van der Waals surface area contributed by atoms with Gasteiger partial charge in [0.05, 0.1) is 5.69 Å². The molecule has 10 nitrogen and oxygen atoms in total. The number of unbranched alkanes of at least 4 members (excludes halogenated alkanes) is 1. The van der Waals surface area contributed by atoms with Crippen LogP contribution in [0.3, 0.4) is 0 Å². The van der Waals surface area contributed by atoms with Gasteiger partial charge in [-0.05, 0) is 77.7 Å². The fourth-order valence-corrected chi connectivity index (χ4v) is 3.28. The summed E-state index contributed by atoms with van der Waals surface area (Å²) in [7, 11) is 0. The molecule has 8 N–H and O–H groups in total. The lowest BCUT2D eigenvalue weighted by molar-refractivity contribution is -0.129. The molecule has 0 spiro atoms. The summed E-state index contributed by atoms with van der Waals surface area (Å²) in [6.07, 6.45) is 5.32. The molecular formula is C22H40N6O4. The topological polar surface area (TPSA) is 168 Å². The monoisotopic (exact) mass is 452 g/mol. The highest BCUT2D eigenvalue weighted by molar-refractivity contribution is 5.87. The van der Waals surface area contributed by atoms with Crippen molar-refractivity contribution in [1.82, 2.24) is 21.3 Å². The van der Waals surface area contributed by atoms with E-state index in [4.69, 9.17) is 11.5 Å². The number of hydrogen-bond acceptors (Lipinski definition) is 8. The van der Waals surface area contributed by atoms with Crippen molar-refractivity contribution >= 4 is 17.5 Å². The number of carbonyl (C=O) groups excluding carboxylic acids is 2. The van der Waals surface area contributed by atoms with Gasteiger partial charge in [-0.25, -0.2) is 0 Å². The van der Waals surface area contributed by atoms with E-state index in [9.17, 15) is 19.2 Å². The summed E-state index contributed by atoms with van der Waals surface area (Å²) in [4.78, 5) is 47.4. The van der Waals surface area contributed by atoms with Crippen LogP contribution in [0.25, 0.3) is 0 Å². The molecule has 0 aliphatic heterocycles. The van der Waals surface area contributed by atoms with Crippen LogP contribution in [0.15, 0.2) is 9.59 Å². The van der Waals surface area contributed by atoms with Crippen LogP contribution in [0.4, 0.5) is 5.69 Å². The highest BCUT2D eigenvalue weighted by atomic mass is 16.2. The molecule has 1 rings (SSSR count). The summed E-state index contributed by atoms with van der Waals surface area (Å²) >= 11 is 0. The van der Waals surface area contributed by atoms with Crippen LogP contribution in [0.5, 0.6) is 0 Å².